The molecule has 1 aliphatic heterocycles. The minimum atomic E-state index is 0.0543. The highest BCUT2D eigenvalue weighted by atomic mass is 16.2. The normalized spacial score (nSPS) is 41.6. The summed E-state index contributed by atoms with van der Waals surface area (Å²) in [4.78, 5) is 11.1. The minimum Gasteiger partial charge on any atom is -0.348 e. The third kappa shape index (κ3) is 1.57. The van der Waals surface area contributed by atoms with Crippen LogP contribution in [0.15, 0.2) is 36.5 Å². The number of β-lactam (4-membered cyclic amide) rings is 1. The van der Waals surface area contributed by atoms with Gasteiger partial charge in [-0.1, -0.05) is 43.4 Å². The average Bonchev–Trinajstić information content (AvgIpc) is 2.15. The Morgan fingerprint density at radius 2 is 1.92 bits per heavy atom. The van der Waals surface area contributed by atoms with Crippen LogP contribution in [-0.4, -0.2) is 11.9 Å². The number of carbonyl (C=O) groups is 1. The fourth-order valence-corrected chi connectivity index (χ4v) is 1.57. The van der Waals surface area contributed by atoms with Gasteiger partial charge in [-0.2, -0.15) is 0 Å². The molecule has 2 rings (SSSR count). The molecule has 1 aliphatic carbocycles. The van der Waals surface area contributed by atoms with Crippen LogP contribution in [0.2, 0.25) is 0 Å². The van der Waals surface area contributed by atoms with Gasteiger partial charge in [-0.3, -0.25) is 4.79 Å². The van der Waals surface area contributed by atoms with Crippen LogP contribution in [0.25, 0.3) is 0 Å². The van der Waals surface area contributed by atoms with Crippen molar-refractivity contribution in [3.8, 4) is 0 Å². The summed E-state index contributed by atoms with van der Waals surface area (Å²) in [6, 6.07) is 0.207. The predicted octanol–water partition coefficient (Wildman–Crippen LogP) is 1.42. The van der Waals surface area contributed by atoms with Crippen molar-refractivity contribution in [2.24, 2.45) is 11.8 Å². The lowest BCUT2D eigenvalue weighted by Crippen LogP contribution is -2.56. The Morgan fingerprint density at radius 3 is 2.69 bits per heavy atom. The summed E-state index contributed by atoms with van der Waals surface area (Å²) in [5.74, 6) is 0.607. The van der Waals surface area contributed by atoms with E-state index in [9.17, 15) is 4.79 Å². The van der Waals surface area contributed by atoms with Crippen molar-refractivity contribution >= 4 is 5.91 Å². The summed E-state index contributed by atoms with van der Waals surface area (Å²) in [6.07, 6.45) is 12.3. The number of hydrogen-bond donors (Lipinski definition) is 1. The smallest absolute Gasteiger partial charge is 0.229 e. The van der Waals surface area contributed by atoms with Crippen molar-refractivity contribution in [2.45, 2.75) is 13.0 Å². The van der Waals surface area contributed by atoms with Gasteiger partial charge in [0.1, 0.15) is 0 Å². The van der Waals surface area contributed by atoms with Gasteiger partial charge in [0, 0.05) is 0 Å². The molecule has 0 unspecified atom stereocenters. The first-order valence-corrected chi connectivity index (χ1v) is 4.61. The van der Waals surface area contributed by atoms with Gasteiger partial charge in [0.05, 0.1) is 12.0 Å². The third-order valence-corrected chi connectivity index (χ3v) is 2.46. The highest BCUT2D eigenvalue weighted by Gasteiger charge is 2.35. The first-order chi connectivity index (χ1) is 6.27. The van der Waals surface area contributed by atoms with Crippen LogP contribution in [0.1, 0.15) is 6.92 Å². The van der Waals surface area contributed by atoms with Crippen molar-refractivity contribution in [1.29, 1.82) is 0 Å². The first kappa shape index (κ1) is 8.30. The van der Waals surface area contributed by atoms with Crippen LogP contribution >= 0.6 is 0 Å². The van der Waals surface area contributed by atoms with E-state index in [0.717, 1.165) is 0 Å². The second-order valence-electron chi connectivity index (χ2n) is 3.57. The Hall–Kier alpha value is -1.31. The van der Waals surface area contributed by atoms with Crippen molar-refractivity contribution in [1.82, 2.24) is 5.32 Å². The van der Waals surface area contributed by atoms with E-state index < -0.39 is 0 Å². The van der Waals surface area contributed by atoms with Gasteiger partial charge in [-0.05, 0) is 5.92 Å². The molecule has 68 valence electrons. The summed E-state index contributed by atoms with van der Waals surface area (Å²) in [5, 5.41) is 2.84. The molecule has 0 radical (unpaired) electrons. The van der Waals surface area contributed by atoms with E-state index in [4.69, 9.17) is 0 Å². The molecule has 2 aliphatic rings. The molecule has 2 heteroatoms. The average molecular weight is 175 g/mol. The summed E-state index contributed by atoms with van der Waals surface area (Å²) < 4.78 is 0. The van der Waals surface area contributed by atoms with E-state index in [2.05, 4.69) is 24.4 Å². The second kappa shape index (κ2) is 3.21. The van der Waals surface area contributed by atoms with Gasteiger partial charge in [0.2, 0.25) is 5.91 Å². The number of hydrogen-bond acceptors (Lipinski definition) is 1. The maximum Gasteiger partial charge on any atom is 0.229 e. The monoisotopic (exact) mass is 175 g/mol. The zero-order valence-corrected chi connectivity index (χ0v) is 7.60. The highest BCUT2D eigenvalue weighted by Crippen LogP contribution is 2.20. The lowest BCUT2D eigenvalue weighted by Gasteiger charge is -2.32. The molecule has 2 nitrogen and oxygen atoms in total. The van der Waals surface area contributed by atoms with Crippen LogP contribution in [0.5, 0.6) is 0 Å². The Labute approximate surface area is 78.0 Å². The summed E-state index contributed by atoms with van der Waals surface area (Å²) in [6.45, 7) is 2.11. The number of nitrogens with one attached hydrogen (secondary N) is 1. The lowest BCUT2D eigenvalue weighted by molar-refractivity contribution is -0.131. The molecule has 0 aromatic heterocycles. The van der Waals surface area contributed by atoms with Gasteiger partial charge >= 0.3 is 0 Å². The fraction of sp³-hybridized carbons (Fsp3) is 0.364. The predicted molar refractivity (Wildman–Crippen MR) is 52.0 cm³/mol. The van der Waals surface area contributed by atoms with Crippen LogP contribution in [0.3, 0.4) is 0 Å². The molecule has 0 aromatic rings. The molecule has 3 atom stereocenters. The minimum absolute atomic E-state index is 0.0543. The van der Waals surface area contributed by atoms with Crippen LogP contribution < -0.4 is 5.32 Å². The second-order valence-corrected chi connectivity index (χ2v) is 3.57. The topological polar surface area (TPSA) is 29.1 Å². The standard InChI is InChI=1S/C11H13NO/c1-8-4-2-3-5-10-9(7-6-8)11(13)12-10/h2-10H,1H3,(H,12,13)/b4-2-,5-3-,7-6?/t8-,9+,10+/m1/s1. The van der Waals surface area contributed by atoms with E-state index in [1.165, 1.54) is 0 Å². The molecule has 13 heavy (non-hydrogen) atoms. The first-order valence-electron chi connectivity index (χ1n) is 4.61. The van der Waals surface area contributed by atoms with E-state index in [1.54, 1.807) is 0 Å². The zero-order valence-electron chi connectivity index (χ0n) is 7.60. The van der Waals surface area contributed by atoms with Crippen molar-refractivity contribution in [2.75, 3.05) is 0 Å². The molecular formula is C11H13NO. The number of fused-ring (bicyclic) bond motifs is 1. The quantitative estimate of drug-likeness (QED) is 0.438. The van der Waals surface area contributed by atoms with Crippen molar-refractivity contribution < 1.29 is 4.79 Å². The maximum absolute atomic E-state index is 11.1. The number of allylic oxidation sites excluding steroid dienone is 4. The van der Waals surface area contributed by atoms with Crippen molar-refractivity contribution in [3.05, 3.63) is 36.5 Å². The molecule has 0 saturated carbocycles. The van der Waals surface area contributed by atoms with E-state index in [-0.39, 0.29) is 17.9 Å². The maximum atomic E-state index is 11.1. The summed E-state index contributed by atoms with van der Waals surface area (Å²) in [5.41, 5.74) is 0. The molecular weight excluding hydrogens is 162 g/mol. The van der Waals surface area contributed by atoms with Gasteiger partial charge in [-0.25, -0.2) is 0 Å². The molecule has 1 saturated heterocycles. The van der Waals surface area contributed by atoms with E-state index in [1.807, 2.05) is 24.3 Å². The van der Waals surface area contributed by atoms with Gasteiger partial charge in [0.15, 0.2) is 0 Å². The number of carbonyl (C=O) groups excluding carboxylic acids is 1. The van der Waals surface area contributed by atoms with Crippen LogP contribution in [-0.2, 0) is 4.79 Å². The Kier molecular flexibility index (Phi) is 2.05. The largest absolute Gasteiger partial charge is 0.348 e. The third-order valence-electron chi connectivity index (χ3n) is 2.46. The van der Waals surface area contributed by atoms with Gasteiger partial charge in [-0.15, -0.1) is 0 Å². The Morgan fingerprint density at radius 1 is 1.15 bits per heavy atom. The molecule has 0 aromatic carbocycles. The van der Waals surface area contributed by atoms with Gasteiger partial charge in [0.25, 0.3) is 0 Å². The molecule has 1 fully saturated rings. The summed E-state index contributed by atoms with van der Waals surface area (Å²) in [7, 11) is 0. The number of amides is 1. The Balaban J connectivity index is 2.19. The molecule has 1 N–H and O–H groups in total. The van der Waals surface area contributed by atoms with Crippen molar-refractivity contribution in [3.63, 3.8) is 0 Å². The highest BCUT2D eigenvalue weighted by molar-refractivity contribution is 5.88. The zero-order chi connectivity index (χ0) is 9.26. The molecule has 1 amide bonds. The molecule has 1 heterocycles. The lowest BCUT2D eigenvalue weighted by atomic mass is 9.89. The molecule has 0 spiro atoms. The summed E-state index contributed by atoms with van der Waals surface area (Å²) >= 11 is 0. The van der Waals surface area contributed by atoms with E-state index in [0.29, 0.717) is 5.92 Å². The SMILES string of the molecule is C[C@H]1C=C[C@@H]2C(=O)N[C@H]2/C=C\C=C/1. The molecule has 0 bridgehead atoms. The fourth-order valence-electron chi connectivity index (χ4n) is 1.57. The van der Waals surface area contributed by atoms with E-state index >= 15 is 0 Å². The Bertz CT molecular complexity index is 301. The van der Waals surface area contributed by atoms with Gasteiger partial charge < -0.3 is 5.32 Å². The number of rotatable bonds is 0. The van der Waals surface area contributed by atoms with Crippen LogP contribution in [0, 0.1) is 11.8 Å². The van der Waals surface area contributed by atoms with Crippen LogP contribution in [0.4, 0.5) is 0 Å².